The molecule has 1 aromatic rings. The number of nitrogens with zero attached hydrogens (tertiary/aromatic N) is 3. The van der Waals surface area contributed by atoms with Gasteiger partial charge >= 0.3 is 5.97 Å². The molecule has 1 saturated heterocycles. The molecule has 1 amide bonds. The summed E-state index contributed by atoms with van der Waals surface area (Å²) in [6, 6.07) is 2.93. The molecule has 8 nitrogen and oxygen atoms in total. The van der Waals surface area contributed by atoms with Crippen LogP contribution in [-0.4, -0.2) is 66.3 Å². The highest BCUT2D eigenvalue weighted by Gasteiger charge is 2.47. The number of rotatable bonds is 6. The van der Waals surface area contributed by atoms with E-state index in [1.165, 1.54) is 36.5 Å². The predicted molar refractivity (Wildman–Crippen MR) is 88.0 cm³/mol. The van der Waals surface area contributed by atoms with Crippen LogP contribution in [0.4, 0.5) is 0 Å². The molecule has 2 aliphatic rings. The smallest absolute Gasteiger partial charge is 0.308 e. The first kappa shape index (κ1) is 17.8. The Morgan fingerprint density at radius 1 is 1.36 bits per heavy atom. The Hall–Kier alpha value is -2.00. The monoisotopic (exact) mass is 367 g/mol. The Labute approximate surface area is 146 Å². The maximum Gasteiger partial charge on any atom is 0.308 e. The summed E-state index contributed by atoms with van der Waals surface area (Å²) in [7, 11) is -2.47. The molecule has 2 fully saturated rings. The minimum atomic E-state index is -3.80. The maximum absolute atomic E-state index is 12.5. The summed E-state index contributed by atoms with van der Waals surface area (Å²) in [4.78, 5) is 29.2. The van der Waals surface area contributed by atoms with Gasteiger partial charge in [-0.05, 0) is 36.8 Å². The molecule has 1 aromatic heterocycles. The summed E-state index contributed by atoms with van der Waals surface area (Å²) in [6.07, 6.45) is 4.71. The van der Waals surface area contributed by atoms with Crippen LogP contribution in [0.1, 0.15) is 12.8 Å². The molecule has 1 N–H and O–H groups in total. The van der Waals surface area contributed by atoms with Crippen molar-refractivity contribution in [3.63, 3.8) is 0 Å². The van der Waals surface area contributed by atoms with Gasteiger partial charge < -0.3 is 10.0 Å². The molecule has 0 radical (unpaired) electrons. The fourth-order valence-corrected chi connectivity index (χ4v) is 4.44. The third kappa shape index (κ3) is 3.67. The van der Waals surface area contributed by atoms with Crippen molar-refractivity contribution in [1.29, 1.82) is 0 Å². The molecular formula is C16H21N3O5S. The standard InChI is InChI=1S/C16H21N3O5S/c1-18(25(23,24)12-3-2-6-17-7-12)10-15(20)19-8-13(11-4-5-11)14(9-19)16(21)22/h2-3,6-7,11,13-14H,4-5,8-10H2,1H3,(H,21,22)/t13-,14+/m1/s1. The van der Waals surface area contributed by atoms with Crippen molar-refractivity contribution in [1.82, 2.24) is 14.2 Å². The number of likely N-dealkylation sites (tertiary alicyclic amines) is 1. The lowest BCUT2D eigenvalue weighted by Gasteiger charge is -2.21. The Bertz CT molecular complexity index is 763. The SMILES string of the molecule is CN(CC(=O)N1C[C@H](C(=O)O)[C@@H](C2CC2)C1)S(=O)(=O)c1cccnc1. The number of pyridine rings is 1. The molecule has 25 heavy (non-hydrogen) atoms. The second-order valence-corrected chi connectivity index (χ2v) is 8.74. The summed E-state index contributed by atoms with van der Waals surface area (Å²) in [5.74, 6) is -1.47. The van der Waals surface area contributed by atoms with Crippen LogP contribution in [0.2, 0.25) is 0 Å². The van der Waals surface area contributed by atoms with E-state index >= 15 is 0 Å². The number of hydrogen-bond donors (Lipinski definition) is 1. The number of aliphatic carboxylic acids is 1. The molecule has 0 spiro atoms. The molecule has 0 unspecified atom stereocenters. The number of carbonyl (C=O) groups is 2. The zero-order chi connectivity index (χ0) is 18.2. The molecule has 1 aliphatic heterocycles. The highest BCUT2D eigenvalue weighted by Crippen LogP contribution is 2.44. The lowest BCUT2D eigenvalue weighted by atomic mass is 9.92. The Morgan fingerprint density at radius 2 is 2.08 bits per heavy atom. The van der Waals surface area contributed by atoms with Gasteiger partial charge in [0, 0.05) is 32.5 Å². The zero-order valence-electron chi connectivity index (χ0n) is 13.9. The molecule has 2 heterocycles. The molecule has 3 rings (SSSR count). The summed E-state index contributed by atoms with van der Waals surface area (Å²) in [6.45, 7) is 0.221. The number of carboxylic acid groups (broad SMARTS) is 1. The second kappa shape index (κ2) is 6.72. The third-order valence-corrected chi connectivity index (χ3v) is 6.75. The molecular weight excluding hydrogens is 346 g/mol. The first-order valence-corrected chi connectivity index (χ1v) is 9.61. The summed E-state index contributed by atoms with van der Waals surface area (Å²) in [5, 5.41) is 9.37. The van der Waals surface area contributed by atoms with Crippen LogP contribution in [0.5, 0.6) is 0 Å². The van der Waals surface area contributed by atoms with E-state index in [-0.39, 0.29) is 29.8 Å². The molecule has 9 heteroatoms. The van der Waals surface area contributed by atoms with E-state index in [2.05, 4.69) is 4.98 Å². The van der Waals surface area contributed by atoms with Gasteiger partial charge in [-0.1, -0.05) is 0 Å². The Morgan fingerprint density at radius 3 is 2.64 bits per heavy atom. The predicted octanol–water partition coefficient (Wildman–Crippen LogP) is 0.271. The van der Waals surface area contributed by atoms with E-state index < -0.39 is 21.9 Å². The van der Waals surface area contributed by atoms with E-state index in [0.717, 1.165) is 17.1 Å². The van der Waals surface area contributed by atoms with Gasteiger partial charge in [0.2, 0.25) is 15.9 Å². The first-order valence-electron chi connectivity index (χ1n) is 8.17. The fourth-order valence-electron chi connectivity index (χ4n) is 3.35. The average Bonchev–Trinajstić information content (AvgIpc) is 3.33. The van der Waals surface area contributed by atoms with Crippen molar-refractivity contribution in [3.05, 3.63) is 24.5 Å². The van der Waals surface area contributed by atoms with Crippen molar-refractivity contribution in [3.8, 4) is 0 Å². The lowest BCUT2D eigenvalue weighted by Crippen LogP contribution is -2.40. The van der Waals surface area contributed by atoms with Gasteiger partial charge in [0.25, 0.3) is 0 Å². The third-order valence-electron chi connectivity index (χ3n) is 4.96. The number of carbonyl (C=O) groups excluding carboxylic acids is 1. The van der Waals surface area contributed by atoms with Crippen LogP contribution in [0.3, 0.4) is 0 Å². The van der Waals surface area contributed by atoms with Crippen molar-refractivity contribution >= 4 is 21.9 Å². The lowest BCUT2D eigenvalue weighted by molar-refractivity contribution is -0.142. The van der Waals surface area contributed by atoms with Gasteiger partial charge in [0.15, 0.2) is 0 Å². The molecule has 0 bridgehead atoms. The van der Waals surface area contributed by atoms with Crippen molar-refractivity contribution in [2.24, 2.45) is 17.8 Å². The van der Waals surface area contributed by atoms with Crippen molar-refractivity contribution in [2.45, 2.75) is 17.7 Å². The van der Waals surface area contributed by atoms with E-state index in [4.69, 9.17) is 0 Å². The highest BCUT2D eigenvalue weighted by atomic mass is 32.2. The van der Waals surface area contributed by atoms with E-state index in [1.54, 1.807) is 0 Å². The topological polar surface area (TPSA) is 108 Å². The van der Waals surface area contributed by atoms with Crippen LogP contribution >= 0.6 is 0 Å². The summed E-state index contributed by atoms with van der Waals surface area (Å²) < 4.78 is 25.9. The van der Waals surface area contributed by atoms with E-state index in [1.807, 2.05) is 0 Å². The van der Waals surface area contributed by atoms with Crippen LogP contribution in [-0.2, 0) is 19.6 Å². The van der Waals surface area contributed by atoms with Crippen molar-refractivity contribution in [2.75, 3.05) is 26.7 Å². The highest BCUT2D eigenvalue weighted by molar-refractivity contribution is 7.89. The van der Waals surface area contributed by atoms with Gasteiger partial charge in [0.05, 0.1) is 12.5 Å². The minimum Gasteiger partial charge on any atom is -0.481 e. The Kier molecular flexibility index (Phi) is 4.79. The normalized spacial score (nSPS) is 23.8. The number of likely N-dealkylation sites (N-methyl/N-ethyl adjacent to an activating group) is 1. The number of carboxylic acids is 1. The number of aromatic nitrogens is 1. The second-order valence-electron chi connectivity index (χ2n) is 6.69. The van der Waals surface area contributed by atoms with Gasteiger partial charge in [0.1, 0.15) is 4.90 Å². The molecule has 1 saturated carbocycles. The summed E-state index contributed by atoms with van der Waals surface area (Å²) in [5.41, 5.74) is 0. The van der Waals surface area contributed by atoms with Crippen LogP contribution < -0.4 is 0 Å². The van der Waals surface area contributed by atoms with Crippen LogP contribution in [0.25, 0.3) is 0 Å². The van der Waals surface area contributed by atoms with Gasteiger partial charge in [-0.25, -0.2) is 8.42 Å². The molecule has 0 aromatic carbocycles. The van der Waals surface area contributed by atoms with E-state index in [9.17, 15) is 23.1 Å². The Balaban J connectivity index is 1.67. The molecule has 136 valence electrons. The van der Waals surface area contributed by atoms with Gasteiger partial charge in [-0.3, -0.25) is 14.6 Å². The minimum absolute atomic E-state index is 0.0194. The molecule has 1 aliphatic carbocycles. The maximum atomic E-state index is 12.5. The average molecular weight is 367 g/mol. The largest absolute Gasteiger partial charge is 0.481 e. The molecule has 2 atom stereocenters. The number of hydrogen-bond acceptors (Lipinski definition) is 5. The van der Waals surface area contributed by atoms with Gasteiger partial charge in [-0.15, -0.1) is 0 Å². The van der Waals surface area contributed by atoms with Crippen LogP contribution in [0.15, 0.2) is 29.4 Å². The quantitative estimate of drug-likeness (QED) is 0.773. The van der Waals surface area contributed by atoms with E-state index in [0.29, 0.717) is 12.5 Å². The fraction of sp³-hybridized carbons (Fsp3) is 0.562. The number of amides is 1. The van der Waals surface area contributed by atoms with Crippen molar-refractivity contribution < 1.29 is 23.1 Å². The zero-order valence-corrected chi connectivity index (χ0v) is 14.7. The van der Waals surface area contributed by atoms with Gasteiger partial charge in [-0.2, -0.15) is 4.31 Å². The van der Waals surface area contributed by atoms with Crippen LogP contribution in [0, 0.1) is 17.8 Å². The summed E-state index contributed by atoms with van der Waals surface area (Å²) >= 11 is 0. The first-order chi connectivity index (χ1) is 11.8. The number of sulfonamides is 1.